The molecule has 0 saturated heterocycles. The second kappa shape index (κ2) is 6.93. The minimum Gasteiger partial charge on any atom is -0.466 e. The standard InChI is InChI=1S/C17H20N2O3/c1-11-9-15(13(3)22-11)10-18-16(20)17(21)19-12(2)14-7-5-4-6-8-14/h4-9,12H,10H2,1-3H3,(H,18,20)(H,19,21)/t12-/m0/s1. The van der Waals surface area contributed by atoms with Gasteiger partial charge >= 0.3 is 11.8 Å². The van der Waals surface area contributed by atoms with Gasteiger partial charge in [-0.2, -0.15) is 0 Å². The van der Waals surface area contributed by atoms with Crippen LogP contribution >= 0.6 is 0 Å². The molecule has 0 aliphatic rings. The summed E-state index contributed by atoms with van der Waals surface area (Å²) in [6.07, 6.45) is 0. The van der Waals surface area contributed by atoms with E-state index in [0.29, 0.717) is 0 Å². The topological polar surface area (TPSA) is 71.3 Å². The van der Waals surface area contributed by atoms with Gasteiger partial charge in [-0.15, -0.1) is 0 Å². The highest BCUT2D eigenvalue weighted by atomic mass is 16.3. The van der Waals surface area contributed by atoms with Crippen molar-refractivity contribution in [3.63, 3.8) is 0 Å². The number of hydrogen-bond donors (Lipinski definition) is 2. The first kappa shape index (κ1) is 15.8. The number of amides is 2. The summed E-state index contributed by atoms with van der Waals surface area (Å²) >= 11 is 0. The third-order valence-corrected chi connectivity index (χ3v) is 3.44. The molecule has 0 aliphatic carbocycles. The van der Waals surface area contributed by atoms with E-state index < -0.39 is 11.8 Å². The Labute approximate surface area is 129 Å². The van der Waals surface area contributed by atoms with Gasteiger partial charge in [0.15, 0.2) is 0 Å². The van der Waals surface area contributed by atoms with E-state index in [0.717, 1.165) is 22.6 Å². The van der Waals surface area contributed by atoms with Crippen molar-refractivity contribution in [3.05, 3.63) is 59.0 Å². The monoisotopic (exact) mass is 300 g/mol. The van der Waals surface area contributed by atoms with Crippen LogP contribution < -0.4 is 10.6 Å². The number of carbonyl (C=O) groups excluding carboxylic acids is 2. The molecule has 0 saturated carbocycles. The second-order valence-corrected chi connectivity index (χ2v) is 5.23. The fourth-order valence-electron chi connectivity index (χ4n) is 2.20. The third-order valence-electron chi connectivity index (χ3n) is 3.44. The summed E-state index contributed by atoms with van der Waals surface area (Å²) in [5, 5.41) is 5.28. The lowest BCUT2D eigenvalue weighted by atomic mass is 10.1. The van der Waals surface area contributed by atoms with Crippen molar-refractivity contribution in [1.82, 2.24) is 10.6 Å². The first-order chi connectivity index (χ1) is 10.5. The summed E-state index contributed by atoms with van der Waals surface area (Å²) in [7, 11) is 0. The van der Waals surface area contributed by atoms with Crippen LogP contribution in [0.4, 0.5) is 0 Å². The first-order valence-electron chi connectivity index (χ1n) is 7.17. The third kappa shape index (κ3) is 3.97. The normalized spacial score (nSPS) is 11.8. The minimum atomic E-state index is -0.652. The van der Waals surface area contributed by atoms with E-state index in [2.05, 4.69) is 10.6 Å². The molecule has 0 aliphatic heterocycles. The summed E-state index contributed by atoms with van der Waals surface area (Å²) in [4.78, 5) is 23.7. The molecular weight excluding hydrogens is 280 g/mol. The molecule has 2 rings (SSSR count). The Balaban J connectivity index is 1.87. The van der Waals surface area contributed by atoms with E-state index >= 15 is 0 Å². The van der Waals surface area contributed by atoms with Gasteiger partial charge in [0, 0.05) is 12.1 Å². The zero-order valence-electron chi connectivity index (χ0n) is 13.0. The summed E-state index contributed by atoms with van der Waals surface area (Å²) in [5.74, 6) is 0.231. The van der Waals surface area contributed by atoms with Gasteiger partial charge in [0.25, 0.3) is 0 Å². The lowest BCUT2D eigenvalue weighted by Crippen LogP contribution is -2.40. The molecule has 1 aromatic heterocycles. The average Bonchev–Trinajstić information content (AvgIpc) is 2.83. The molecule has 22 heavy (non-hydrogen) atoms. The van der Waals surface area contributed by atoms with E-state index in [4.69, 9.17) is 4.42 Å². The van der Waals surface area contributed by atoms with Crippen LogP contribution in [0.3, 0.4) is 0 Å². The summed E-state index contributed by atoms with van der Waals surface area (Å²) in [6, 6.07) is 11.1. The van der Waals surface area contributed by atoms with Crippen molar-refractivity contribution in [2.45, 2.75) is 33.4 Å². The molecule has 2 aromatic rings. The predicted molar refractivity (Wildman–Crippen MR) is 83.0 cm³/mol. The van der Waals surface area contributed by atoms with Gasteiger partial charge < -0.3 is 15.1 Å². The summed E-state index contributed by atoms with van der Waals surface area (Å²) < 4.78 is 5.38. The number of benzene rings is 1. The Kier molecular flexibility index (Phi) is 4.99. The number of carbonyl (C=O) groups is 2. The number of aryl methyl sites for hydroxylation is 2. The zero-order chi connectivity index (χ0) is 16.1. The van der Waals surface area contributed by atoms with E-state index in [-0.39, 0.29) is 12.6 Å². The number of furan rings is 1. The smallest absolute Gasteiger partial charge is 0.309 e. The van der Waals surface area contributed by atoms with Crippen molar-refractivity contribution >= 4 is 11.8 Å². The second-order valence-electron chi connectivity index (χ2n) is 5.23. The quantitative estimate of drug-likeness (QED) is 0.852. The maximum absolute atomic E-state index is 11.9. The van der Waals surface area contributed by atoms with Crippen LogP contribution in [0.25, 0.3) is 0 Å². The molecule has 2 N–H and O–H groups in total. The Morgan fingerprint density at radius 1 is 1.14 bits per heavy atom. The maximum Gasteiger partial charge on any atom is 0.309 e. The molecule has 5 nitrogen and oxygen atoms in total. The first-order valence-corrected chi connectivity index (χ1v) is 7.17. The Morgan fingerprint density at radius 2 is 1.82 bits per heavy atom. The molecule has 116 valence electrons. The molecule has 0 radical (unpaired) electrons. The van der Waals surface area contributed by atoms with Crippen LogP contribution in [-0.2, 0) is 16.1 Å². The molecule has 0 unspecified atom stereocenters. The number of hydrogen-bond acceptors (Lipinski definition) is 3. The molecular formula is C17H20N2O3. The summed E-state index contributed by atoms with van der Waals surface area (Å²) in [5.41, 5.74) is 1.82. The molecule has 1 heterocycles. The Morgan fingerprint density at radius 3 is 2.41 bits per heavy atom. The molecule has 0 bridgehead atoms. The van der Waals surface area contributed by atoms with Crippen LogP contribution in [0.5, 0.6) is 0 Å². The number of rotatable bonds is 4. The van der Waals surface area contributed by atoms with Gasteiger partial charge in [0.05, 0.1) is 6.04 Å². The van der Waals surface area contributed by atoms with Crippen LogP contribution in [0.15, 0.2) is 40.8 Å². The highest BCUT2D eigenvalue weighted by Gasteiger charge is 2.17. The van der Waals surface area contributed by atoms with Gasteiger partial charge in [0.2, 0.25) is 0 Å². The van der Waals surface area contributed by atoms with E-state index in [1.807, 2.05) is 57.2 Å². The number of nitrogens with one attached hydrogen (secondary N) is 2. The lowest BCUT2D eigenvalue weighted by Gasteiger charge is -2.13. The Hall–Kier alpha value is -2.56. The molecule has 0 spiro atoms. The van der Waals surface area contributed by atoms with Crippen LogP contribution in [0.1, 0.15) is 35.6 Å². The van der Waals surface area contributed by atoms with Gasteiger partial charge in [-0.25, -0.2) is 0 Å². The van der Waals surface area contributed by atoms with Gasteiger partial charge in [-0.1, -0.05) is 30.3 Å². The summed E-state index contributed by atoms with van der Waals surface area (Å²) in [6.45, 7) is 5.78. The fraction of sp³-hybridized carbons (Fsp3) is 0.294. The molecule has 0 fully saturated rings. The van der Waals surface area contributed by atoms with E-state index in [9.17, 15) is 9.59 Å². The Bertz CT molecular complexity index is 662. The highest BCUT2D eigenvalue weighted by molar-refractivity contribution is 6.35. The predicted octanol–water partition coefficient (Wildman–Crippen LogP) is 2.39. The highest BCUT2D eigenvalue weighted by Crippen LogP contribution is 2.13. The van der Waals surface area contributed by atoms with E-state index in [1.165, 1.54) is 0 Å². The minimum absolute atomic E-state index is 0.225. The largest absolute Gasteiger partial charge is 0.466 e. The van der Waals surface area contributed by atoms with Crippen molar-refractivity contribution in [2.75, 3.05) is 0 Å². The van der Waals surface area contributed by atoms with Crippen LogP contribution in [-0.4, -0.2) is 11.8 Å². The average molecular weight is 300 g/mol. The SMILES string of the molecule is Cc1cc(CNC(=O)C(=O)N[C@@H](C)c2ccccc2)c(C)o1. The zero-order valence-corrected chi connectivity index (χ0v) is 13.0. The van der Waals surface area contributed by atoms with Gasteiger partial charge in [-0.3, -0.25) is 9.59 Å². The molecule has 5 heteroatoms. The molecule has 2 amide bonds. The van der Waals surface area contributed by atoms with Crippen molar-refractivity contribution in [2.24, 2.45) is 0 Å². The van der Waals surface area contributed by atoms with E-state index in [1.54, 1.807) is 0 Å². The van der Waals surface area contributed by atoms with Crippen LogP contribution in [0.2, 0.25) is 0 Å². The van der Waals surface area contributed by atoms with Gasteiger partial charge in [0.1, 0.15) is 11.5 Å². The lowest BCUT2D eigenvalue weighted by molar-refractivity contribution is -0.139. The molecule has 1 atom stereocenters. The van der Waals surface area contributed by atoms with Crippen molar-refractivity contribution in [1.29, 1.82) is 0 Å². The maximum atomic E-state index is 11.9. The molecule has 1 aromatic carbocycles. The van der Waals surface area contributed by atoms with Crippen molar-refractivity contribution in [3.8, 4) is 0 Å². The fourth-order valence-corrected chi connectivity index (χ4v) is 2.20. The van der Waals surface area contributed by atoms with Crippen LogP contribution in [0, 0.1) is 13.8 Å². The van der Waals surface area contributed by atoms with Gasteiger partial charge in [-0.05, 0) is 32.4 Å². The van der Waals surface area contributed by atoms with Crippen molar-refractivity contribution < 1.29 is 14.0 Å².